The minimum atomic E-state index is -1.41. The molecule has 1 amide bonds. The molecule has 18 heavy (non-hydrogen) atoms. The van der Waals surface area contributed by atoms with Crippen molar-refractivity contribution in [1.82, 2.24) is 5.32 Å². The SMILES string of the molecule is C#CCC(NC(=O)C(O)c1ccccc1)C(=O)O. The highest BCUT2D eigenvalue weighted by atomic mass is 16.4. The number of hydrogen-bond donors (Lipinski definition) is 3. The van der Waals surface area contributed by atoms with Gasteiger partial charge in [0.25, 0.3) is 5.91 Å². The molecule has 0 aliphatic carbocycles. The van der Waals surface area contributed by atoms with E-state index in [4.69, 9.17) is 11.5 Å². The zero-order valence-corrected chi connectivity index (χ0v) is 9.54. The highest BCUT2D eigenvalue weighted by Gasteiger charge is 2.23. The fourth-order valence-electron chi connectivity index (χ4n) is 1.36. The summed E-state index contributed by atoms with van der Waals surface area (Å²) >= 11 is 0. The van der Waals surface area contributed by atoms with Crippen molar-refractivity contribution < 1.29 is 19.8 Å². The molecule has 3 N–H and O–H groups in total. The monoisotopic (exact) mass is 247 g/mol. The van der Waals surface area contributed by atoms with Crippen LogP contribution in [0.2, 0.25) is 0 Å². The van der Waals surface area contributed by atoms with Crippen molar-refractivity contribution in [2.24, 2.45) is 0 Å². The molecule has 0 aliphatic rings. The van der Waals surface area contributed by atoms with Crippen LogP contribution in [0.25, 0.3) is 0 Å². The van der Waals surface area contributed by atoms with Crippen molar-refractivity contribution in [3.63, 3.8) is 0 Å². The Morgan fingerprint density at radius 3 is 2.44 bits per heavy atom. The smallest absolute Gasteiger partial charge is 0.327 e. The normalized spacial score (nSPS) is 13.1. The average molecular weight is 247 g/mol. The van der Waals surface area contributed by atoms with Crippen LogP contribution in [0.5, 0.6) is 0 Å². The van der Waals surface area contributed by atoms with Gasteiger partial charge in [-0.2, -0.15) is 0 Å². The Morgan fingerprint density at radius 2 is 1.94 bits per heavy atom. The summed E-state index contributed by atoms with van der Waals surface area (Å²) in [6.07, 6.45) is 3.46. The molecule has 0 aromatic heterocycles. The van der Waals surface area contributed by atoms with E-state index in [-0.39, 0.29) is 6.42 Å². The van der Waals surface area contributed by atoms with Crippen LogP contribution in [0.3, 0.4) is 0 Å². The molecule has 5 heteroatoms. The van der Waals surface area contributed by atoms with E-state index in [9.17, 15) is 14.7 Å². The maximum absolute atomic E-state index is 11.6. The van der Waals surface area contributed by atoms with Gasteiger partial charge in [-0.1, -0.05) is 30.3 Å². The summed E-state index contributed by atoms with van der Waals surface area (Å²) in [5.41, 5.74) is 0.389. The third-order valence-electron chi connectivity index (χ3n) is 2.30. The molecule has 2 unspecified atom stereocenters. The zero-order valence-electron chi connectivity index (χ0n) is 9.54. The molecule has 1 rings (SSSR count). The van der Waals surface area contributed by atoms with Gasteiger partial charge < -0.3 is 15.5 Å². The first kappa shape index (κ1) is 13.7. The quantitative estimate of drug-likeness (QED) is 0.654. The average Bonchev–Trinajstić information content (AvgIpc) is 2.38. The van der Waals surface area contributed by atoms with E-state index < -0.39 is 24.0 Å². The van der Waals surface area contributed by atoms with Gasteiger partial charge in [0.15, 0.2) is 6.10 Å². The number of carboxylic acids is 1. The Hall–Kier alpha value is -2.32. The van der Waals surface area contributed by atoms with Gasteiger partial charge in [0, 0.05) is 6.42 Å². The second kappa shape index (κ2) is 6.42. The summed E-state index contributed by atoms with van der Waals surface area (Å²) < 4.78 is 0. The lowest BCUT2D eigenvalue weighted by molar-refractivity contribution is -0.143. The molecule has 0 radical (unpaired) electrons. The second-order valence-corrected chi connectivity index (χ2v) is 3.62. The van der Waals surface area contributed by atoms with Gasteiger partial charge in [-0.15, -0.1) is 12.3 Å². The standard InChI is InChI=1S/C13H13NO4/c1-2-6-10(13(17)18)14-12(16)11(15)9-7-4-3-5-8-9/h1,3-5,7-8,10-11,15H,6H2,(H,14,16)(H,17,18). The number of carbonyl (C=O) groups excluding carboxylic acids is 1. The zero-order chi connectivity index (χ0) is 13.5. The largest absolute Gasteiger partial charge is 0.480 e. The number of hydrogen-bond acceptors (Lipinski definition) is 3. The molecular formula is C13H13NO4. The third-order valence-corrected chi connectivity index (χ3v) is 2.30. The first-order valence-electron chi connectivity index (χ1n) is 5.26. The number of carboxylic acid groups (broad SMARTS) is 1. The summed E-state index contributed by atoms with van der Waals surface area (Å²) in [6, 6.07) is 7.03. The first-order valence-corrected chi connectivity index (χ1v) is 5.26. The van der Waals surface area contributed by atoms with Crippen molar-refractivity contribution >= 4 is 11.9 Å². The van der Waals surface area contributed by atoms with E-state index in [0.29, 0.717) is 5.56 Å². The van der Waals surface area contributed by atoms with Gasteiger partial charge >= 0.3 is 5.97 Å². The number of terminal acetylenes is 1. The predicted molar refractivity (Wildman–Crippen MR) is 64.4 cm³/mol. The summed E-state index contributed by atoms with van der Waals surface area (Å²) in [4.78, 5) is 22.4. The fourth-order valence-corrected chi connectivity index (χ4v) is 1.36. The molecule has 0 heterocycles. The third kappa shape index (κ3) is 3.61. The lowest BCUT2D eigenvalue weighted by Crippen LogP contribution is -2.42. The molecule has 0 saturated carbocycles. The van der Waals surface area contributed by atoms with Gasteiger partial charge in [0.05, 0.1) is 0 Å². The molecular weight excluding hydrogens is 234 g/mol. The highest BCUT2D eigenvalue weighted by Crippen LogP contribution is 2.12. The molecule has 2 atom stereocenters. The van der Waals surface area contributed by atoms with Gasteiger partial charge in [0.2, 0.25) is 0 Å². The lowest BCUT2D eigenvalue weighted by atomic mass is 10.1. The number of aliphatic carboxylic acids is 1. The highest BCUT2D eigenvalue weighted by molar-refractivity contribution is 5.87. The maximum Gasteiger partial charge on any atom is 0.327 e. The van der Waals surface area contributed by atoms with Gasteiger partial charge in [-0.25, -0.2) is 4.79 Å². The summed E-state index contributed by atoms with van der Waals surface area (Å²) in [7, 11) is 0. The van der Waals surface area contributed by atoms with Crippen molar-refractivity contribution in [2.45, 2.75) is 18.6 Å². The Morgan fingerprint density at radius 1 is 1.33 bits per heavy atom. The Kier molecular flexibility index (Phi) is 4.90. The van der Waals surface area contributed by atoms with E-state index in [1.165, 1.54) is 0 Å². The van der Waals surface area contributed by atoms with E-state index in [0.717, 1.165) is 0 Å². The van der Waals surface area contributed by atoms with Crippen LogP contribution in [0.15, 0.2) is 30.3 Å². The van der Waals surface area contributed by atoms with Crippen molar-refractivity contribution in [2.75, 3.05) is 0 Å². The topological polar surface area (TPSA) is 86.6 Å². The van der Waals surface area contributed by atoms with Crippen molar-refractivity contribution in [3.8, 4) is 12.3 Å². The molecule has 0 fully saturated rings. The van der Waals surface area contributed by atoms with Crippen LogP contribution < -0.4 is 5.32 Å². The Bertz CT molecular complexity index is 464. The van der Waals surface area contributed by atoms with Crippen LogP contribution >= 0.6 is 0 Å². The lowest BCUT2D eigenvalue weighted by Gasteiger charge is -2.15. The first-order chi connectivity index (χ1) is 8.56. The van der Waals surface area contributed by atoms with E-state index >= 15 is 0 Å². The van der Waals surface area contributed by atoms with Crippen molar-refractivity contribution in [3.05, 3.63) is 35.9 Å². The van der Waals surface area contributed by atoms with Gasteiger partial charge in [0.1, 0.15) is 6.04 Å². The molecule has 1 aromatic rings. The Balaban J connectivity index is 2.70. The van der Waals surface area contributed by atoms with Gasteiger partial charge in [-0.05, 0) is 5.56 Å². The van der Waals surface area contributed by atoms with E-state index in [1.807, 2.05) is 0 Å². The number of amides is 1. The summed E-state index contributed by atoms with van der Waals surface area (Å²) in [5, 5.41) is 20.7. The number of aliphatic hydroxyl groups is 1. The molecule has 0 spiro atoms. The number of nitrogens with one attached hydrogen (secondary N) is 1. The molecule has 0 aliphatic heterocycles. The molecule has 1 aromatic carbocycles. The summed E-state index contributed by atoms with van der Waals surface area (Å²) in [5.74, 6) is 0.133. The fraction of sp³-hybridized carbons (Fsp3) is 0.231. The van der Waals surface area contributed by atoms with Crippen LogP contribution in [0.1, 0.15) is 18.1 Å². The summed E-state index contributed by atoms with van der Waals surface area (Å²) in [6.45, 7) is 0. The maximum atomic E-state index is 11.6. The molecule has 0 saturated heterocycles. The van der Waals surface area contributed by atoms with Crippen LogP contribution in [-0.2, 0) is 9.59 Å². The number of carbonyl (C=O) groups is 2. The molecule has 94 valence electrons. The Labute approximate surface area is 104 Å². The van der Waals surface area contributed by atoms with Gasteiger partial charge in [-0.3, -0.25) is 4.79 Å². The van der Waals surface area contributed by atoms with E-state index in [1.54, 1.807) is 30.3 Å². The van der Waals surface area contributed by atoms with Crippen molar-refractivity contribution in [1.29, 1.82) is 0 Å². The number of aliphatic hydroxyl groups excluding tert-OH is 1. The van der Waals surface area contributed by atoms with E-state index in [2.05, 4.69) is 11.2 Å². The second-order valence-electron chi connectivity index (χ2n) is 3.62. The molecule has 0 bridgehead atoms. The number of rotatable bonds is 5. The number of benzene rings is 1. The minimum absolute atomic E-state index is 0.136. The molecule has 5 nitrogen and oxygen atoms in total. The van der Waals surface area contributed by atoms with Crippen LogP contribution in [0, 0.1) is 12.3 Å². The minimum Gasteiger partial charge on any atom is -0.480 e. The van der Waals surface area contributed by atoms with Crippen LogP contribution in [-0.4, -0.2) is 28.1 Å². The van der Waals surface area contributed by atoms with Crippen LogP contribution in [0.4, 0.5) is 0 Å². The predicted octanol–water partition coefficient (Wildman–Crippen LogP) is 0.313.